The lowest BCUT2D eigenvalue weighted by atomic mass is 9.94. The fourth-order valence-electron chi connectivity index (χ4n) is 1.95. The molecule has 0 spiro atoms. The molecule has 18 heavy (non-hydrogen) atoms. The summed E-state index contributed by atoms with van der Waals surface area (Å²) in [5.41, 5.74) is 3.86. The van der Waals surface area contributed by atoms with Crippen LogP contribution in [0.2, 0.25) is 0 Å². The summed E-state index contributed by atoms with van der Waals surface area (Å²) in [6, 6.07) is 0. The highest BCUT2D eigenvalue weighted by Gasteiger charge is 2.09. The summed E-state index contributed by atoms with van der Waals surface area (Å²) >= 11 is 0. The van der Waals surface area contributed by atoms with Crippen molar-refractivity contribution < 1.29 is 0 Å². The second kappa shape index (κ2) is 8.52. The monoisotopic (exact) mass is 242 g/mol. The molecule has 0 amide bonds. The van der Waals surface area contributed by atoms with Gasteiger partial charge in [-0.1, -0.05) is 69.5 Å². The Labute approximate surface area is 113 Å². The summed E-state index contributed by atoms with van der Waals surface area (Å²) in [6.45, 7) is 10.2. The van der Waals surface area contributed by atoms with Crippen LogP contribution in [-0.4, -0.2) is 0 Å². The van der Waals surface area contributed by atoms with Crippen molar-refractivity contribution in [2.45, 2.75) is 34.6 Å². The molecule has 1 aliphatic carbocycles. The molecule has 1 aliphatic rings. The third-order valence-corrected chi connectivity index (χ3v) is 2.94. The topological polar surface area (TPSA) is 0 Å². The minimum atomic E-state index is 0. The van der Waals surface area contributed by atoms with Crippen molar-refractivity contribution >= 4 is 0 Å². The van der Waals surface area contributed by atoms with E-state index in [0.29, 0.717) is 5.92 Å². The summed E-state index contributed by atoms with van der Waals surface area (Å²) in [4.78, 5) is 0. The van der Waals surface area contributed by atoms with Crippen LogP contribution < -0.4 is 0 Å². The number of hydrogen-bond donors (Lipinski definition) is 0. The first-order valence-electron chi connectivity index (χ1n) is 6.26. The fraction of sp³-hybridized carbons (Fsp3) is 0.333. The highest BCUT2D eigenvalue weighted by atomic mass is 14.1. The highest BCUT2D eigenvalue weighted by molar-refractivity contribution is 5.54. The molecule has 0 aromatic heterocycles. The van der Waals surface area contributed by atoms with Gasteiger partial charge in [0, 0.05) is 0 Å². The Morgan fingerprint density at radius 2 is 2.17 bits per heavy atom. The molecule has 0 saturated heterocycles. The van der Waals surface area contributed by atoms with E-state index in [0.717, 1.165) is 6.42 Å². The maximum Gasteiger partial charge on any atom is -0.00437 e. The van der Waals surface area contributed by atoms with Gasteiger partial charge in [0.25, 0.3) is 0 Å². The second-order valence-corrected chi connectivity index (χ2v) is 4.24. The zero-order valence-corrected chi connectivity index (χ0v) is 11.1. The second-order valence-electron chi connectivity index (χ2n) is 4.24. The molecule has 0 N–H and O–H groups in total. The molecule has 1 atom stereocenters. The Morgan fingerprint density at radius 1 is 1.44 bits per heavy atom. The maximum atomic E-state index is 3.79. The van der Waals surface area contributed by atoms with Crippen molar-refractivity contribution in [2.24, 2.45) is 5.92 Å². The lowest BCUT2D eigenvalue weighted by Crippen LogP contribution is -1.94. The van der Waals surface area contributed by atoms with Gasteiger partial charge in [0.1, 0.15) is 0 Å². The van der Waals surface area contributed by atoms with Gasteiger partial charge in [-0.15, -0.1) is 0 Å². The van der Waals surface area contributed by atoms with Crippen molar-refractivity contribution in [2.75, 3.05) is 0 Å². The van der Waals surface area contributed by atoms with E-state index in [-0.39, 0.29) is 7.43 Å². The standard InChI is InChI=1S/C17H22.CH4/c1-5-9-16(10-6-2)17-13-15(7-3)12-8-11-14(17)4;/h5-6,8-13,15H,1,7H2,2-4H3;1H4/b10-6-,16-9+;. The Hall–Kier alpha value is -1.56. The maximum absolute atomic E-state index is 3.79. The third kappa shape index (κ3) is 4.37. The Kier molecular flexibility index (Phi) is 7.78. The Morgan fingerprint density at radius 3 is 2.72 bits per heavy atom. The molecule has 0 aromatic rings. The smallest absolute Gasteiger partial charge is 0.00437 e. The molecule has 0 aliphatic heterocycles. The molecule has 0 heterocycles. The van der Waals surface area contributed by atoms with Crippen molar-refractivity contribution in [3.05, 3.63) is 71.9 Å². The summed E-state index contributed by atoms with van der Waals surface area (Å²) in [6.07, 6.45) is 18.2. The molecule has 1 rings (SSSR count). The van der Waals surface area contributed by atoms with Gasteiger partial charge in [-0.3, -0.25) is 0 Å². The first-order chi connectivity index (χ1) is 8.22. The number of allylic oxidation sites excluding steroid dienone is 11. The van der Waals surface area contributed by atoms with E-state index in [4.69, 9.17) is 0 Å². The predicted octanol–water partition coefficient (Wildman–Crippen LogP) is 5.78. The van der Waals surface area contributed by atoms with Crippen LogP contribution in [0.25, 0.3) is 0 Å². The third-order valence-electron chi connectivity index (χ3n) is 2.94. The molecule has 0 fully saturated rings. The van der Waals surface area contributed by atoms with E-state index in [9.17, 15) is 0 Å². The van der Waals surface area contributed by atoms with Crippen LogP contribution in [0.1, 0.15) is 34.6 Å². The average molecular weight is 242 g/mol. The molecule has 0 saturated carbocycles. The van der Waals surface area contributed by atoms with Crippen LogP contribution in [0.5, 0.6) is 0 Å². The summed E-state index contributed by atoms with van der Waals surface area (Å²) in [5.74, 6) is 0.525. The molecule has 0 bridgehead atoms. The van der Waals surface area contributed by atoms with Gasteiger partial charge >= 0.3 is 0 Å². The van der Waals surface area contributed by atoms with E-state index in [1.165, 1.54) is 16.7 Å². The lowest BCUT2D eigenvalue weighted by molar-refractivity contribution is 0.771. The van der Waals surface area contributed by atoms with Crippen LogP contribution in [-0.2, 0) is 0 Å². The van der Waals surface area contributed by atoms with Crippen molar-refractivity contribution in [3.63, 3.8) is 0 Å². The number of rotatable bonds is 4. The van der Waals surface area contributed by atoms with E-state index in [2.05, 4.69) is 63.0 Å². The molecule has 98 valence electrons. The molecule has 0 aromatic carbocycles. The molecule has 0 nitrogen and oxygen atoms in total. The lowest BCUT2D eigenvalue weighted by Gasteiger charge is -2.11. The van der Waals surface area contributed by atoms with E-state index >= 15 is 0 Å². The van der Waals surface area contributed by atoms with Gasteiger partial charge in [-0.25, -0.2) is 0 Å². The van der Waals surface area contributed by atoms with Crippen molar-refractivity contribution in [3.8, 4) is 0 Å². The average Bonchev–Trinajstić information content (AvgIpc) is 2.51. The highest BCUT2D eigenvalue weighted by Crippen LogP contribution is 2.26. The minimum absolute atomic E-state index is 0. The summed E-state index contributed by atoms with van der Waals surface area (Å²) < 4.78 is 0. The molecular formula is C18H26. The normalized spacial score (nSPS) is 19.9. The summed E-state index contributed by atoms with van der Waals surface area (Å²) in [5, 5.41) is 0. The SMILES string of the molecule is C.C=C/C=C(\C=C/C)C1=CC(CC)C=CC=C1C. The molecule has 0 heteroatoms. The summed E-state index contributed by atoms with van der Waals surface area (Å²) in [7, 11) is 0. The largest absolute Gasteiger partial charge is 0.0990 e. The molecule has 0 radical (unpaired) electrons. The quantitative estimate of drug-likeness (QED) is 0.548. The van der Waals surface area contributed by atoms with Gasteiger partial charge in [-0.05, 0) is 42.9 Å². The first kappa shape index (κ1) is 16.4. The van der Waals surface area contributed by atoms with E-state index in [1.807, 2.05) is 13.0 Å². The first-order valence-corrected chi connectivity index (χ1v) is 6.26. The minimum Gasteiger partial charge on any atom is -0.0990 e. The van der Waals surface area contributed by atoms with Crippen molar-refractivity contribution in [1.29, 1.82) is 0 Å². The van der Waals surface area contributed by atoms with E-state index in [1.54, 1.807) is 0 Å². The van der Waals surface area contributed by atoms with Crippen LogP contribution >= 0.6 is 0 Å². The van der Waals surface area contributed by atoms with Crippen molar-refractivity contribution in [1.82, 2.24) is 0 Å². The van der Waals surface area contributed by atoms with Gasteiger partial charge in [0.2, 0.25) is 0 Å². The van der Waals surface area contributed by atoms with Crippen LogP contribution in [0, 0.1) is 5.92 Å². The number of hydrogen-bond acceptors (Lipinski definition) is 0. The van der Waals surface area contributed by atoms with Crippen LogP contribution in [0.4, 0.5) is 0 Å². The van der Waals surface area contributed by atoms with Crippen LogP contribution in [0.15, 0.2) is 71.9 Å². The zero-order chi connectivity index (χ0) is 12.7. The van der Waals surface area contributed by atoms with Gasteiger partial charge in [-0.2, -0.15) is 0 Å². The zero-order valence-electron chi connectivity index (χ0n) is 11.1. The van der Waals surface area contributed by atoms with E-state index < -0.39 is 0 Å². The van der Waals surface area contributed by atoms with Gasteiger partial charge in [0.05, 0.1) is 0 Å². The molecular weight excluding hydrogens is 216 g/mol. The Bertz CT molecular complexity index is 411. The van der Waals surface area contributed by atoms with Crippen LogP contribution in [0.3, 0.4) is 0 Å². The fourth-order valence-corrected chi connectivity index (χ4v) is 1.95. The Balaban J connectivity index is 0.00000289. The molecule has 1 unspecified atom stereocenters. The van der Waals surface area contributed by atoms with Gasteiger partial charge in [0.15, 0.2) is 0 Å². The van der Waals surface area contributed by atoms with Gasteiger partial charge < -0.3 is 0 Å². The predicted molar refractivity (Wildman–Crippen MR) is 84.6 cm³/mol.